The van der Waals surface area contributed by atoms with Gasteiger partial charge in [-0.05, 0) is 49.7 Å². The summed E-state index contributed by atoms with van der Waals surface area (Å²) in [5, 5.41) is 7.33. The van der Waals surface area contributed by atoms with Gasteiger partial charge in [0.25, 0.3) is 0 Å². The minimum atomic E-state index is 0.538. The summed E-state index contributed by atoms with van der Waals surface area (Å²) in [6, 6.07) is 4.69. The maximum atomic E-state index is 5.80. The molecule has 1 aromatic rings. The van der Waals surface area contributed by atoms with Gasteiger partial charge in [-0.15, -0.1) is 0 Å². The molecule has 0 aromatic carbocycles. The minimum absolute atomic E-state index is 0.538. The SMILES string of the molecule is CN=C(NCCc1ccc(Cl)nc1)NCCN(CC1CC1)C1CC1. The Morgan fingerprint density at radius 3 is 2.67 bits per heavy atom. The molecule has 3 rings (SSSR count). The van der Waals surface area contributed by atoms with E-state index >= 15 is 0 Å². The summed E-state index contributed by atoms with van der Waals surface area (Å²) in [5.74, 6) is 1.84. The van der Waals surface area contributed by atoms with E-state index in [-0.39, 0.29) is 0 Å². The molecule has 0 aliphatic heterocycles. The predicted molar refractivity (Wildman–Crippen MR) is 99.6 cm³/mol. The number of rotatable bonds is 9. The van der Waals surface area contributed by atoms with Crippen molar-refractivity contribution in [3.63, 3.8) is 0 Å². The average Bonchev–Trinajstić information content (AvgIpc) is 3.47. The fourth-order valence-electron chi connectivity index (χ4n) is 2.91. The lowest BCUT2D eigenvalue weighted by atomic mass is 10.2. The Morgan fingerprint density at radius 2 is 2.04 bits per heavy atom. The molecule has 1 aromatic heterocycles. The van der Waals surface area contributed by atoms with E-state index in [0.29, 0.717) is 5.15 Å². The van der Waals surface area contributed by atoms with Crippen molar-refractivity contribution >= 4 is 17.6 Å². The molecule has 2 aliphatic rings. The smallest absolute Gasteiger partial charge is 0.191 e. The van der Waals surface area contributed by atoms with E-state index in [0.717, 1.165) is 44.0 Å². The Bertz CT molecular complexity index is 537. The van der Waals surface area contributed by atoms with Gasteiger partial charge in [0.2, 0.25) is 0 Å². The highest BCUT2D eigenvalue weighted by atomic mass is 35.5. The van der Waals surface area contributed by atoms with Crippen molar-refractivity contribution in [2.45, 2.75) is 38.1 Å². The van der Waals surface area contributed by atoms with Crippen LogP contribution in [-0.2, 0) is 6.42 Å². The van der Waals surface area contributed by atoms with E-state index in [2.05, 4.69) is 25.5 Å². The lowest BCUT2D eigenvalue weighted by Gasteiger charge is -2.22. The zero-order valence-corrected chi connectivity index (χ0v) is 15.2. The maximum absolute atomic E-state index is 5.80. The molecule has 2 fully saturated rings. The Labute approximate surface area is 149 Å². The first-order valence-corrected chi connectivity index (χ1v) is 9.41. The molecule has 24 heavy (non-hydrogen) atoms. The number of hydrogen-bond acceptors (Lipinski definition) is 3. The molecule has 6 heteroatoms. The Morgan fingerprint density at radius 1 is 1.25 bits per heavy atom. The van der Waals surface area contributed by atoms with Crippen molar-refractivity contribution in [1.29, 1.82) is 0 Å². The molecule has 132 valence electrons. The van der Waals surface area contributed by atoms with Crippen LogP contribution in [0.4, 0.5) is 0 Å². The standard InChI is InChI=1S/C18H28ClN5/c1-20-18(21-9-8-14-4-7-17(19)23-12-14)22-10-11-24(16-5-6-16)13-15-2-3-15/h4,7,12,15-16H,2-3,5-6,8-11,13H2,1H3,(H2,20,21,22). The number of pyridine rings is 1. The molecule has 2 N–H and O–H groups in total. The van der Waals surface area contributed by atoms with Gasteiger partial charge in [0.05, 0.1) is 0 Å². The van der Waals surface area contributed by atoms with E-state index in [1.807, 2.05) is 25.4 Å². The van der Waals surface area contributed by atoms with Gasteiger partial charge >= 0.3 is 0 Å². The second kappa shape index (κ2) is 8.67. The van der Waals surface area contributed by atoms with Crippen LogP contribution in [0.3, 0.4) is 0 Å². The Kier molecular flexibility index (Phi) is 6.32. The molecule has 0 atom stereocenters. The number of nitrogens with zero attached hydrogens (tertiary/aromatic N) is 3. The third-order valence-corrected chi connectivity index (χ3v) is 4.89. The van der Waals surface area contributed by atoms with Gasteiger partial charge in [0.15, 0.2) is 5.96 Å². The van der Waals surface area contributed by atoms with Crippen LogP contribution in [0.1, 0.15) is 31.2 Å². The van der Waals surface area contributed by atoms with Gasteiger partial charge in [-0.2, -0.15) is 0 Å². The average molecular weight is 350 g/mol. The van der Waals surface area contributed by atoms with Crippen molar-refractivity contribution in [2.24, 2.45) is 10.9 Å². The summed E-state index contributed by atoms with van der Waals surface area (Å²) in [7, 11) is 1.82. The Hall–Kier alpha value is -1.33. The fraction of sp³-hybridized carbons (Fsp3) is 0.667. The first kappa shape index (κ1) is 17.5. The molecule has 0 bridgehead atoms. The van der Waals surface area contributed by atoms with E-state index in [9.17, 15) is 0 Å². The van der Waals surface area contributed by atoms with Crippen molar-refractivity contribution in [3.8, 4) is 0 Å². The molecule has 0 unspecified atom stereocenters. The normalized spacial score (nSPS) is 18.0. The van der Waals surface area contributed by atoms with E-state index < -0.39 is 0 Å². The Balaban J connectivity index is 1.33. The summed E-state index contributed by atoms with van der Waals surface area (Å²) in [6.45, 7) is 4.19. The van der Waals surface area contributed by atoms with Crippen LogP contribution >= 0.6 is 11.6 Å². The molecule has 0 amide bonds. The second-order valence-electron chi connectivity index (χ2n) is 6.83. The van der Waals surface area contributed by atoms with Crippen LogP contribution in [0.25, 0.3) is 0 Å². The number of hydrogen-bond donors (Lipinski definition) is 2. The lowest BCUT2D eigenvalue weighted by Crippen LogP contribution is -2.43. The van der Waals surface area contributed by atoms with Crippen molar-refractivity contribution in [2.75, 3.05) is 33.2 Å². The number of halogens is 1. The summed E-state index contributed by atoms with van der Waals surface area (Å²) in [4.78, 5) is 11.1. The number of aliphatic imine (C=N–C) groups is 1. The largest absolute Gasteiger partial charge is 0.356 e. The van der Waals surface area contributed by atoms with Crippen LogP contribution in [0.2, 0.25) is 5.15 Å². The highest BCUT2D eigenvalue weighted by Crippen LogP contribution is 2.34. The van der Waals surface area contributed by atoms with Crippen LogP contribution in [-0.4, -0.2) is 55.1 Å². The zero-order valence-electron chi connectivity index (χ0n) is 14.5. The fourth-order valence-corrected chi connectivity index (χ4v) is 3.02. The third kappa shape index (κ3) is 5.95. The molecule has 2 saturated carbocycles. The van der Waals surface area contributed by atoms with Crippen molar-refractivity contribution in [3.05, 3.63) is 29.0 Å². The van der Waals surface area contributed by atoms with Crippen LogP contribution in [0.15, 0.2) is 23.3 Å². The zero-order chi connectivity index (χ0) is 16.8. The van der Waals surface area contributed by atoms with E-state index in [1.54, 1.807) is 0 Å². The van der Waals surface area contributed by atoms with Gasteiger partial charge in [-0.3, -0.25) is 9.89 Å². The van der Waals surface area contributed by atoms with Gasteiger partial charge in [0.1, 0.15) is 5.15 Å². The number of nitrogens with one attached hydrogen (secondary N) is 2. The van der Waals surface area contributed by atoms with Crippen molar-refractivity contribution in [1.82, 2.24) is 20.5 Å². The predicted octanol–water partition coefficient (Wildman–Crippen LogP) is 2.32. The molecular weight excluding hydrogens is 322 g/mol. The van der Waals surface area contributed by atoms with E-state index in [4.69, 9.17) is 11.6 Å². The minimum Gasteiger partial charge on any atom is -0.356 e. The quantitative estimate of drug-likeness (QED) is 0.408. The van der Waals surface area contributed by atoms with Gasteiger partial charge in [-0.25, -0.2) is 4.98 Å². The highest BCUT2D eigenvalue weighted by molar-refractivity contribution is 6.29. The highest BCUT2D eigenvalue weighted by Gasteiger charge is 2.33. The molecule has 0 saturated heterocycles. The summed E-state index contributed by atoms with van der Waals surface area (Å²) in [5.41, 5.74) is 1.17. The number of aromatic nitrogens is 1. The summed E-state index contributed by atoms with van der Waals surface area (Å²) in [6.07, 6.45) is 8.36. The van der Waals surface area contributed by atoms with Crippen LogP contribution < -0.4 is 10.6 Å². The van der Waals surface area contributed by atoms with E-state index in [1.165, 1.54) is 37.8 Å². The van der Waals surface area contributed by atoms with Crippen LogP contribution in [0, 0.1) is 5.92 Å². The first-order valence-electron chi connectivity index (χ1n) is 9.03. The van der Waals surface area contributed by atoms with Gasteiger partial charge < -0.3 is 10.6 Å². The molecule has 0 spiro atoms. The third-order valence-electron chi connectivity index (χ3n) is 4.66. The van der Waals surface area contributed by atoms with Gasteiger partial charge in [-0.1, -0.05) is 17.7 Å². The topological polar surface area (TPSA) is 52.6 Å². The van der Waals surface area contributed by atoms with Gasteiger partial charge in [0, 0.05) is 45.5 Å². The summed E-state index contributed by atoms with van der Waals surface area (Å²) < 4.78 is 0. The molecule has 0 radical (unpaired) electrons. The van der Waals surface area contributed by atoms with Crippen LogP contribution in [0.5, 0.6) is 0 Å². The van der Waals surface area contributed by atoms with Crippen molar-refractivity contribution < 1.29 is 0 Å². The molecular formula is C18H28ClN5. The number of guanidine groups is 1. The molecule has 5 nitrogen and oxygen atoms in total. The lowest BCUT2D eigenvalue weighted by molar-refractivity contribution is 0.256. The molecule has 1 heterocycles. The summed E-state index contributed by atoms with van der Waals surface area (Å²) >= 11 is 5.80. The second-order valence-corrected chi connectivity index (χ2v) is 7.22. The monoisotopic (exact) mass is 349 g/mol. The first-order chi connectivity index (χ1) is 11.7. The molecule has 2 aliphatic carbocycles. The maximum Gasteiger partial charge on any atom is 0.191 e.